The van der Waals surface area contributed by atoms with E-state index in [0.717, 1.165) is 10.9 Å². The number of thiophene rings is 1. The smallest absolute Gasteiger partial charge is 0.240 e. The molecule has 1 aromatic carbocycles. The molecule has 1 saturated heterocycles. The van der Waals surface area contributed by atoms with Gasteiger partial charge in [0.25, 0.3) is 0 Å². The number of benzene rings is 1. The Bertz CT molecular complexity index is 769. The van der Waals surface area contributed by atoms with E-state index in [-0.39, 0.29) is 37.2 Å². The second-order valence-electron chi connectivity index (χ2n) is 6.10. The van der Waals surface area contributed by atoms with Crippen LogP contribution in [0, 0.1) is 11.6 Å². The van der Waals surface area contributed by atoms with Gasteiger partial charge in [-0.2, -0.15) is 0 Å². The van der Waals surface area contributed by atoms with E-state index < -0.39 is 17.7 Å². The van der Waals surface area contributed by atoms with Gasteiger partial charge in [0.15, 0.2) is 0 Å². The molecule has 1 aliphatic rings. The van der Waals surface area contributed by atoms with Gasteiger partial charge < -0.3 is 15.5 Å². The lowest BCUT2D eigenvalue weighted by molar-refractivity contribution is -0.138. The first-order valence-corrected chi connectivity index (χ1v) is 9.15. The number of piperazine rings is 1. The molecule has 2 heterocycles. The first-order chi connectivity index (χ1) is 12.5. The zero-order chi connectivity index (χ0) is 18.5. The number of nitrogens with one attached hydrogen (secondary N) is 2. The maximum absolute atomic E-state index is 13.3. The average Bonchev–Trinajstić information content (AvgIpc) is 3.09. The molecule has 5 nitrogen and oxygen atoms in total. The molecule has 2 amide bonds. The van der Waals surface area contributed by atoms with E-state index in [1.54, 1.807) is 11.3 Å². The molecular weight excluding hydrogens is 396 g/mol. The van der Waals surface area contributed by atoms with Crippen LogP contribution in [0.5, 0.6) is 0 Å². The van der Waals surface area contributed by atoms with E-state index in [2.05, 4.69) is 10.6 Å². The highest BCUT2D eigenvalue weighted by atomic mass is 35.5. The fourth-order valence-corrected chi connectivity index (χ4v) is 3.53. The summed E-state index contributed by atoms with van der Waals surface area (Å²) in [5.41, 5.74) is 0.388. The monoisotopic (exact) mass is 415 g/mol. The molecule has 9 heteroatoms. The van der Waals surface area contributed by atoms with Gasteiger partial charge in [0.2, 0.25) is 11.8 Å². The Morgan fingerprint density at radius 1 is 1.30 bits per heavy atom. The van der Waals surface area contributed by atoms with Crippen molar-refractivity contribution in [3.63, 3.8) is 0 Å². The van der Waals surface area contributed by atoms with Crippen LogP contribution in [0.25, 0.3) is 0 Å². The van der Waals surface area contributed by atoms with Crippen molar-refractivity contribution < 1.29 is 18.4 Å². The normalized spacial score (nSPS) is 16.7. The standard InChI is InChI=1S/C18H19F2N3O2S.ClH/c19-13-6-12(7-14(20)8-13)11-23-4-3-21-16(18(23)25)9-17(24)22-10-15-2-1-5-26-15;/h1-2,5-8,16,21H,3-4,9-11H2,(H,22,24);1H. The summed E-state index contributed by atoms with van der Waals surface area (Å²) in [6.07, 6.45) is 0.0260. The summed E-state index contributed by atoms with van der Waals surface area (Å²) in [5, 5.41) is 7.76. The van der Waals surface area contributed by atoms with E-state index in [1.165, 1.54) is 17.0 Å². The third-order valence-electron chi connectivity index (χ3n) is 4.11. The van der Waals surface area contributed by atoms with Gasteiger partial charge in [0.1, 0.15) is 11.6 Å². The third kappa shape index (κ3) is 5.98. The summed E-state index contributed by atoms with van der Waals surface area (Å²) >= 11 is 1.55. The van der Waals surface area contributed by atoms with Crippen LogP contribution in [-0.2, 0) is 22.7 Å². The average molecular weight is 416 g/mol. The Labute approximate surface area is 166 Å². The van der Waals surface area contributed by atoms with Gasteiger partial charge in [-0.05, 0) is 29.1 Å². The molecule has 1 aliphatic heterocycles. The second-order valence-corrected chi connectivity index (χ2v) is 7.14. The molecule has 0 spiro atoms. The molecule has 1 fully saturated rings. The lowest BCUT2D eigenvalue weighted by Gasteiger charge is -2.33. The molecule has 0 radical (unpaired) electrons. The number of amides is 2. The van der Waals surface area contributed by atoms with Crippen LogP contribution in [0.4, 0.5) is 8.78 Å². The maximum Gasteiger partial charge on any atom is 0.240 e. The van der Waals surface area contributed by atoms with Crippen LogP contribution in [0.3, 0.4) is 0 Å². The molecule has 0 aliphatic carbocycles. The van der Waals surface area contributed by atoms with E-state index in [0.29, 0.717) is 25.2 Å². The first-order valence-electron chi connectivity index (χ1n) is 8.27. The van der Waals surface area contributed by atoms with Crippen molar-refractivity contribution in [1.82, 2.24) is 15.5 Å². The molecule has 2 aromatic rings. The molecule has 1 atom stereocenters. The predicted octanol–water partition coefficient (Wildman–Crippen LogP) is 2.46. The van der Waals surface area contributed by atoms with Crippen LogP contribution in [0.1, 0.15) is 16.9 Å². The maximum atomic E-state index is 13.3. The Hall–Kier alpha value is -2.03. The summed E-state index contributed by atoms with van der Waals surface area (Å²) in [6, 6.07) is 6.41. The van der Waals surface area contributed by atoms with Crippen LogP contribution in [0.2, 0.25) is 0 Å². The number of nitrogens with zero attached hydrogens (tertiary/aromatic N) is 1. The summed E-state index contributed by atoms with van der Waals surface area (Å²) in [5.74, 6) is -1.81. The first kappa shape index (κ1) is 21.3. The summed E-state index contributed by atoms with van der Waals surface area (Å²) in [7, 11) is 0. The number of rotatable bonds is 6. The summed E-state index contributed by atoms with van der Waals surface area (Å²) in [4.78, 5) is 27.2. The van der Waals surface area contributed by atoms with Gasteiger partial charge >= 0.3 is 0 Å². The Kier molecular flexibility index (Phi) is 7.70. The van der Waals surface area contributed by atoms with E-state index >= 15 is 0 Å². The van der Waals surface area contributed by atoms with Crippen molar-refractivity contribution in [2.45, 2.75) is 25.6 Å². The number of carbonyl (C=O) groups excluding carboxylic acids is 2. The zero-order valence-corrected chi connectivity index (χ0v) is 16.0. The number of hydrogen-bond donors (Lipinski definition) is 2. The van der Waals surface area contributed by atoms with Crippen LogP contribution in [0.15, 0.2) is 35.7 Å². The third-order valence-corrected chi connectivity index (χ3v) is 4.98. The van der Waals surface area contributed by atoms with E-state index in [1.807, 2.05) is 17.5 Å². The van der Waals surface area contributed by atoms with Crippen molar-refractivity contribution in [3.8, 4) is 0 Å². The molecule has 1 unspecified atom stereocenters. The fraction of sp³-hybridized carbons (Fsp3) is 0.333. The molecule has 146 valence electrons. The number of hydrogen-bond acceptors (Lipinski definition) is 4. The molecule has 27 heavy (non-hydrogen) atoms. The summed E-state index contributed by atoms with van der Waals surface area (Å²) in [6.45, 7) is 1.49. The summed E-state index contributed by atoms with van der Waals surface area (Å²) < 4.78 is 26.6. The minimum Gasteiger partial charge on any atom is -0.351 e. The largest absolute Gasteiger partial charge is 0.351 e. The van der Waals surface area contributed by atoms with Crippen LogP contribution in [-0.4, -0.2) is 35.8 Å². The minimum absolute atomic E-state index is 0. The number of halogens is 3. The lowest BCUT2D eigenvalue weighted by atomic mass is 10.1. The van der Waals surface area contributed by atoms with E-state index in [9.17, 15) is 18.4 Å². The Balaban J connectivity index is 0.00000261. The topological polar surface area (TPSA) is 61.4 Å². The lowest BCUT2D eigenvalue weighted by Crippen LogP contribution is -2.55. The SMILES string of the molecule is Cl.O=C(CC1NCCN(Cc2cc(F)cc(F)c2)C1=O)NCc1cccs1. The van der Waals surface area contributed by atoms with Crippen molar-refractivity contribution in [3.05, 3.63) is 57.8 Å². The van der Waals surface area contributed by atoms with Gasteiger partial charge in [-0.1, -0.05) is 6.07 Å². The minimum atomic E-state index is -0.674. The van der Waals surface area contributed by atoms with Gasteiger partial charge in [0.05, 0.1) is 19.0 Å². The number of carbonyl (C=O) groups is 2. The van der Waals surface area contributed by atoms with Crippen LogP contribution < -0.4 is 10.6 Å². The fourth-order valence-electron chi connectivity index (χ4n) is 2.89. The molecule has 3 rings (SSSR count). The van der Waals surface area contributed by atoms with Crippen LogP contribution >= 0.6 is 23.7 Å². The highest BCUT2D eigenvalue weighted by molar-refractivity contribution is 7.09. The van der Waals surface area contributed by atoms with Gasteiger partial charge in [-0.3, -0.25) is 9.59 Å². The zero-order valence-electron chi connectivity index (χ0n) is 14.4. The molecule has 1 aromatic heterocycles. The Morgan fingerprint density at radius 2 is 2.04 bits per heavy atom. The quantitative estimate of drug-likeness (QED) is 0.761. The second kappa shape index (κ2) is 9.77. The van der Waals surface area contributed by atoms with Crippen molar-refractivity contribution >= 4 is 35.6 Å². The van der Waals surface area contributed by atoms with Gasteiger partial charge in [-0.15, -0.1) is 23.7 Å². The highest BCUT2D eigenvalue weighted by Gasteiger charge is 2.30. The van der Waals surface area contributed by atoms with Crippen molar-refractivity contribution in [2.75, 3.05) is 13.1 Å². The Morgan fingerprint density at radius 3 is 2.70 bits per heavy atom. The molecule has 2 N–H and O–H groups in total. The predicted molar refractivity (Wildman–Crippen MR) is 102 cm³/mol. The van der Waals surface area contributed by atoms with Gasteiger partial charge in [-0.25, -0.2) is 8.78 Å². The van der Waals surface area contributed by atoms with E-state index in [4.69, 9.17) is 0 Å². The molecule has 0 saturated carbocycles. The molecule has 0 bridgehead atoms. The highest BCUT2D eigenvalue weighted by Crippen LogP contribution is 2.14. The van der Waals surface area contributed by atoms with Crippen molar-refractivity contribution in [2.24, 2.45) is 0 Å². The van der Waals surface area contributed by atoms with Crippen molar-refractivity contribution in [1.29, 1.82) is 0 Å². The van der Waals surface area contributed by atoms with Gasteiger partial charge in [0, 0.05) is 30.6 Å². The molecular formula is C18H20ClF2N3O2S.